The first kappa shape index (κ1) is 15.2. The Hall–Kier alpha value is -1.24. The molecule has 0 aromatic carbocycles. The van der Waals surface area contributed by atoms with Gasteiger partial charge in [-0.1, -0.05) is 13.8 Å². The highest BCUT2D eigenvalue weighted by Gasteiger charge is 2.15. The minimum absolute atomic E-state index is 0.627. The molecule has 2 heterocycles. The van der Waals surface area contributed by atoms with E-state index in [9.17, 15) is 0 Å². The summed E-state index contributed by atoms with van der Waals surface area (Å²) in [6.07, 6.45) is 0. The molecule has 0 aliphatic heterocycles. The van der Waals surface area contributed by atoms with Crippen molar-refractivity contribution >= 4 is 27.4 Å². The Morgan fingerprint density at radius 1 is 1.30 bits per heavy atom. The molecule has 0 spiro atoms. The second-order valence-corrected chi connectivity index (χ2v) is 6.89. The van der Waals surface area contributed by atoms with E-state index in [1.54, 1.807) is 11.3 Å². The fourth-order valence-corrected chi connectivity index (χ4v) is 3.45. The van der Waals surface area contributed by atoms with E-state index in [4.69, 9.17) is 5.84 Å². The number of aromatic nitrogens is 2. The van der Waals surface area contributed by atoms with Crippen LogP contribution in [0, 0.1) is 19.8 Å². The minimum atomic E-state index is 0.627. The van der Waals surface area contributed by atoms with Crippen LogP contribution in [-0.2, 0) is 6.54 Å². The molecule has 110 valence electrons. The number of aryl methyl sites for hydroxylation is 2. The molecule has 3 N–H and O–H groups in total. The molecular weight excluding hydrogens is 270 g/mol. The van der Waals surface area contributed by atoms with Gasteiger partial charge >= 0.3 is 0 Å². The summed E-state index contributed by atoms with van der Waals surface area (Å²) in [4.78, 5) is 13.7. The fraction of sp³-hybridized carbons (Fsp3) is 0.571. The van der Waals surface area contributed by atoms with E-state index in [1.807, 2.05) is 0 Å². The summed E-state index contributed by atoms with van der Waals surface area (Å²) >= 11 is 1.70. The molecular formula is C14H23N5S. The number of hydrogen-bond acceptors (Lipinski definition) is 6. The van der Waals surface area contributed by atoms with Gasteiger partial charge in [0.05, 0.1) is 11.9 Å². The number of nitrogens with zero attached hydrogens (tertiary/aromatic N) is 3. The minimum Gasteiger partial charge on any atom is -0.308 e. The van der Waals surface area contributed by atoms with E-state index < -0.39 is 0 Å². The number of nitrogens with two attached hydrogens (primary N) is 1. The number of anilines is 1. The van der Waals surface area contributed by atoms with E-state index in [2.05, 4.69) is 55.0 Å². The molecule has 0 atom stereocenters. The number of fused-ring (bicyclic) bond motifs is 1. The van der Waals surface area contributed by atoms with Crippen LogP contribution in [0.5, 0.6) is 0 Å². The molecule has 0 unspecified atom stereocenters. The normalized spacial score (nSPS) is 11.8. The zero-order valence-corrected chi connectivity index (χ0v) is 13.6. The first-order valence-corrected chi connectivity index (χ1v) is 7.65. The van der Waals surface area contributed by atoms with Crippen molar-refractivity contribution in [3.8, 4) is 0 Å². The maximum absolute atomic E-state index is 5.63. The zero-order chi connectivity index (χ0) is 14.9. The summed E-state index contributed by atoms with van der Waals surface area (Å²) in [5, 5.41) is 1.05. The largest absolute Gasteiger partial charge is 0.308 e. The lowest BCUT2D eigenvalue weighted by Crippen LogP contribution is -2.24. The molecule has 0 aliphatic rings. The van der Waals surface area contributed by atoms with Crippen LogP contribution in [0.3, 0.4) is 0 Å². The lowest BCUT2D eigenvalue weighted by Gasteiger charge is -2.18. The molecule has 0 aliphatic carbocycles. The fourth-order valence-electron chi connectivity index (χ4n) is 2.40. The van der Waals surface area contributed by atoms with Crippen molar-refractivity contribution in [3.05, 3.63) is 16.3 Å². The monoisotopic (exact) mass is 293 g/mol. The Labute approximate surface area is 124 Å². The number of rotatable bonds is 5. The molecule has 20 heavy (non-hydrogen) atoms. The average Bonchev–Trinajstić information content (AvgIpc) is 2.63. The number of thiophene rings is 1. The van der Waals surface area contributed by atoms with Gasteiger partial charge in [-0.05, 0) is 32.4 Å². The van der Waals surface area contributed by atoms with Crippen molar-refractivity contribution in [1.29, 1.82) is 0 Å². The molecule has 2 rings (SSSR count). The Morgan fingerprint density at radius 2 is 2.00 bits per heavy atom. The smallest absolute Gasteiger partial charge is 0.152 e. The third kappa shape index (κ3) is 3.08. The summed E-state index contributed by atoms with van der Waals surface area (Å²) in [7, 11) is 2.09. The van der Waals surface area contributed by atoms with Crippen LogP contribution in [0.4, 0.5) is 5.82 Å². The van der Waals surface area contributed by atoms with Crippen LogP contribution in [-0.4, -0.2) is 28.5 Å². The van der Waals surface area contributed by atoms with E-state index in [1.165, 1.54) is 10.4 Å². The third-order valence-corrected chi connectivity index (χ3v) is 4.40. The zero-order valence-electron chi connectivity index (χ0n) is 12.8. The molecule has 0 saturated carbocycles. The topological polar surface area (TPSA) is 67.1 Å². The summed E-state index contributed by atoms with van der Waals surface area (Å²) < 4.78 is 0. The third-order valence-electron chi connectivity index (χ3n) is 3.30. The van der Waals surface area contributed by atoms with Crippen LogP contribution >= 0.6 is 11.3 Å². The second-order valence-electron chi connectivity index (χ2n) is 5.69. The Balaban J connectivity index is 2.36. The van der Waals surface area contributed by atoms with Crippen LogP contribution in [0.15, 0.2) is 0 Å². The van der Waals surface area contributed by atoms with Crippen LogP contribution in [0.2, 0.25) is 0 Å². The standard InChI is InChI=1S/C14H23N5S/c1-8(2)6-19(5)7-11-16-13(18-15)12-9(3)10(4)20-14(12)17-11/h8H,6-7,15H2,1-5H3,(H,16,17,18). The van der Waals surface area contributed by atoms with E-state index in [0.717, 1.165) is 34.9 Å². The number of hydrazine groups is 1. The van der Waals surface area contributed by atoms with Crippen molar-refractivity contribution in [2.45, 2.75) is 34.2 Å². The predicted molar refractivity (Wildman–Crippen MR) is 85.9 cm³/mol. The molecule has 0 saturated heterocycles. The van der Waals surface area contributed by atoms with Gasteiger partial charge in [-0.15, -0.1) is 11.3 Å². The summed E-state index contributed by atoms with van der Waals surface area (Å²) in [5.74, 6) is 7.79. The molecule has 6 heteroatoms. The Morgan fingerprint density at radius 3 is 2.60 bits per heavy atom. The van der Waals surface area contributed by atoms with Gasteiger partial charge in [0.2, 0.25) is 0 Å². The van der Waals surface area contributed by atoms with Gasteiger partial charge in [-0.25, -0.2) is 15.8 Å². The average molecular weight is 293 g/mol. The first-order chi connectivity index (χ1) is 9.42. The summed E-state index contributed by atoms with van der Waals surface area (Å²) in [6, 6.07) is 0. The molecule has 2 aromatic rings. The van der Waals surface area contributed by atoms with Gasteiger partial charge in [0.25, 0.3) is 0 Å². The highest BCUT2D eigenvalue weighted by atomic mass is 32.1. The Bertz CT molecular complexity index is 605. The molecule has 0 amide bonds. The van der Waals surface area contributed by atoms with E-state index in [-0.39, 0.29) is 0 Å². The van der Waals surface area contributed by atoms with Crippen molar-refractivity contribution in [1.82, 2.24) is 14.9 Å². The number of nitrogen functional groups attached to an aromatic ring is 1. The van der Waals surface area contributed by atoms with Crippen molar-refractivity contribution < 1.29 is 0 Å². The summed E-state index contributed by atoms with van der Waals surface area (Å²) in [6.45, 7) is 10.4. The van der Waals surface area contributed by atoms with Gasteiger partial charge in [0, 0.05) is 11.4 Å². The van der Waals surface area contributed by atoms with Crippen molar-refractivity contribution in [2.75, 3.05) is 19.0 Å². The quantitative estimate of drug-likeness (QED) is 0.655. The number of nitrogens with one attached hydrogen (secondary N) is 1. The lowest BCUT2D eigenvalue weighted by atomic mass is 10.2. The van der Waals surface area contributed by atoms with Crippen LogP contribution < -0.4 is 11.3 Å². The van der Waals surface area contributed by atoms with Crippen molar-refractivity contribution in [3.63, 3.8) is 0 Å². The van der Waals surface area contributed by atoms with Gasteiger partial charge in [-0.2, -0.15) is 0 Å². The second kappa shape index (κ2) is 6.03. The highest BCUT2D eigenvalue weighted by Crippen LogP contribution is 2.32. The van der Waals surface area contributed by atoms with E-state index >= 15 is 0 Å². The van der Waals surface area contributed by atoms with Gasteiger partial charge in [0.15, 0.2) is 5.82 Å². The SMILES string of the molecule is Cc1sc2nc(CN(C)CC(C)C)nc(NN)c2c1C. The first-order valence-electron chi connectivity index (χ1n) is 6.84. The van der Waals surface area contributed by atoms with Gasteiger partial charge in [0.1, 0.15) is 10.7 Å². The highest BCUT2D eigenvalue weighted by molar-refractivity contribution is 7.18. The lowest BCUT2D eigenvalue weighted by molar-refractivity contribution is 0.282. The Kier molecular flexibility index (Phi) is 4.57. The molecule has 5 nitrogen and oxygen atoms in total. The van der Waals surface area contributed by atoms with Crippen molar-refractivity contribution in [2.24, 2.45) is 11.8 Å². The molecule has 0 fully saturated rings. The van der Waals surface area contributed by atoms with Crippen LogP contribution in [0.1, 0.15) is 30.1 Å². The molecule has 0 bridgehead atoms. The maximum Gasteiger partial charge on any atom is 0.152 e. The predicted octanol–water partition coefficient (Wildman–Crippen LogP) is 2.68. The van der Waals surface area contributed by atoms with E-state index in [0.29, 0.717) is 5.92 Å². The van der Waals surface area contributed by atoms with Gasteiger partial charge < -0.3 is 5.43 Å². The molecule has 0 radical (unpaired) electrons. The van der Waals surface area contributed by atoms with Crippen LogP contribution in [0.25, 0.3) is 10.2 Å². The van der Waals surface area contributed by atoms with Gasteiger partial charge in [-0.3, -0.25) is 4.90 Å². The summed E-state index contributed by atoms with van der Waals surface area (Å²) in [5.41, 5.74) is 3.92. The number of hydrogen-bond donors (Lipinski definition) is 2. The molecule has 2 aromatic heterocycles. The maximum atomic E-state index is 5.63.